The van der Waals surface area contributed by atoms with E-state index in [2.05, 4.69) is 86.4 Å². The number of ether oxygens (including phenoxy) is 4. The zero-order valence-corrected chi connectivity index (χ0v) is 59.9. The van der Waals surface area contributed by atoms with Crippen molar-refractivity contribution in [1.29, 1.82) is 0 Å². The van der Waals surface area contributed by atoms with Crippen molar-refractivity contribution in [2.45, 2.75) is 387 Å². The molecule has 3 rings (SSSR count). The maximum Gasteiger partial charge on any atom is 0.161 e. The molecule has 1 heterocycles. The Morgan fingerprint density at radius 1 is 0.211 bits per heavy atom. The van der Waals surface area contributed by atoms with Crippen LogP contribution >= 0.6 is 0 Å². The molecular formula is C84H144N2O4. The van der Waals surface area contributed by atoms with Gasteiger partial charge in [0.2, 0.25) is 0 Å². The van der Waals surface area contributed by atoms with Crippen molar-refractivity contribution < 1.29 is 18.9 Å². The van der Waals surface area contributed by atoms with Gasteiger partial charge in [-0.1, -0.05) is 386 Å². The summed E-state index contributed by atoms with van der Waals surface area (Å²) in [7, 11) is 0. The molecule has 0 radical (unpaired) electrons. The van der Waals surface area contributed by atoms with Crippen LogP contribution in [0.5, 0.6) is 23.0 Å². The summed E-state index contributed by atoms with van der Waals surface area (Å²) in [5, 5.41) is 9.22. The van der Waals surface area contributed by atoms with Gasteiger partial charge in [-0.2, -0.15) is 10.2 Å². The normalized spacial score (nSPS) is 11.7. The molecule has 6 nitrogen and oxygen atoms in total. The summed E-state index contributed by atoms with van der Waals surface area (Å²) in [6, 6.07) is 16.8. The molecule has 0 N–H and O–H groups in total. The Morgan fingerprint density at radius 3 is 0.600 bits per heavy atom. The van der Waals surface area contributed by atoms with Gasteiger partial charge in [-0.3, -0.25) is 0 Å². The highest BCUT2D eigenvalue weighted by Crippen LogP contribution is 2.32. The minimum absolute atomic E-state index is 0.715. The lowest BCUT2D eigenvalue weighted by Gasteiger charge is -2.14. The van der Waals surface area contributed by atoms with E-state index in [-0.39, 0.29) is 0 Å². The van der Waals surface area contributed by atoms with E-state index in [9.17, 15) is 0 Å². The molecule has 0 amide bonds. The van der Waals surface area contributed by atoms with E-state index in [1.54, 1.807) is 0 Å². The molecule has 0 aliphatic heterocycles. The Kier molecular flexibility index (Phi) is 56.0. The van der Waals surface area contributed by atoms with Gasteiger partial charge in [0, 0.05) is 0 Å². The van der Waals surface area contributed by atoms with E-state index in [0.29, 0.717) is 13.2 Å². The summed E-state index contributed by atoms with van der Waals surface area (Å²) in [5.41, 5.74) is 3.76. The SMILES string of the molecule is CCCCCCCCCCCCCCCCOc1ccc(/C=C/c2ccc(/C=C/c3ccc(OCCCCCCCCCCCCCCCC)c(OCCCCCCCCCCCCCCCC)c3)nn2)cc1OCCCCCCCCCCCCCCCC. The lowest BCUT2D eigenvalue weighted by Crippen LogP contribution is -2.03. The Balaban J connectivity index is 1.51. The van der Waals surface area contributed by atoms with E-state index in [1.165, 1.54) is 334 Å². The van der Waals surface area contributed by atoms with Crippen molar-refractivity contribution in [3.05, 3.63) is 71.0 Å². The van der Waals surface area contributed by atoms with Gasteiger partial charge < -0.3 is 18.9 Å². The standard InChI is InChI=1S/C84H144N2O4/c1-5-9-13-17-21-25-29-33-37-41-45-49-53-57-71-87-81-69-63-77(75-83(81)89-73-59-55-51-47-43-39-35-31-27-23-19-15-11-7-3)61-65-79-67-68-80(86-85-79)66-62-78-64-70-82(88-72-58-54-50-46-42-38-34-30-26-22-18-14-10-6-2)84(76-78)90-74-60-56-52-48-44-40-36-32-28-24-20-16-12-8-4/h61-70,75-76H,5-60,71-74H2,1-4H3/b65-61+,66-62+. The van der Waals surface area contributed by atoms with Gasteiger partial charge in [-0.25, -0.2) is 0 Å². The molecule has 0 aliphatic carbocycles. The molecule has 90 heavy (non-hydrogen) atoms. The smallest absolute Gasteiger partial charge is 0.161 e. The Labute approximate surface area is 558 Å². The highest BCUT2D eigenvalue weighted by atomic mass is 16.5. The average molecular weight is 1250 g/mol. The molecule has 3 aromatic rings. The molecule has 0 aliphatic rings. The van der Waals surface area contributed by atoms with E-state index in [0.717, 1.165) is 84.4 Å². The number of nitrogens with zero attached hydrogens (tertiary/aromatic N) is 2. The molecule has 0 atom stereocenters. The van der Waals surface area contributed by atoms with Crippen molar-refractivity contribution in [2.24, 2.45) is 0 Å². The number of hydrogen-bond donors (Lipinski definition) is 0. The third-order valence-corrected chi connectivity index (χ3v) is 18.6. The van der Waals surface area contributed by atoms with Gasteiger partial charge in [-0.15, -0.1) is 0 Å². The van der Waals surface area contributed by atoms with Crippen molar-refractivity contribution in [3.63, 3.8) is 0 Å². The maximum absolute atomic E-state index is 6.51. The maximum atomic E-state index is 6.51. The summed E-state index contributed by atoms with van der Waals surface area (Å²) in [5.74, 6) is 3.40. The van der Waals surface area contributed by atoms with Crippen molar-refractivity contribution >= 4 is 24.3 Å². The topological polar surface area (TPSA) is 62.7 Å². The first-order chi connectivity index (χ1) is 44.7. The van der Waals surface area contributed by atoms with Crippen LogP contribution in [0, 0.1) is 0 Å². The second-order valence-electron chi connectivity index (χ2n) is 27.2. The van der Waals surface area contributed by atoms with Gasteiger partial charge in [0.05, 0.1) is 37.8 Å². The van der Waals surface area contributed by atoms with Crippen LogP contribution in [0.2, 0.25) is 0 Å². The Hall–Kier alpha value is -3.80. The van der Waals surface area contributed by atoms with E-state index in [4.69, 9.17) is 18.9 Å². The molecule has 0 bridgehead atoms. The molecule has 0 saturated heterocycles. The second-order valence-corrected chi connectivity index (χ2v) is 27.2. The third-order valence-electron chi connectivity index (χ3n) is 18.6. The minimum atomic E-state index is 0.715. The Morgan fingerprint density at radius 2 is 0.400 bits per heavy atom. The van der Waals surface area contributed by atoms with Crippen molar-refractivity contribution in [2.75, 3.05) is 26.4 Å². The second kappa shape index (κ2) is 62.6. The number of rotatable bonds is 68. The fourth-order valence-electron chi connectivity index (χ4n) is 12.5. The minimum Gasteiger partial charge on any atom is -0.490 e. The summed E-state index contributed by atoms with van der Waals surface area (Å²) in [6.45, 7) is 12.1. The molecule has 514 valence electrons. The first-order valence-electron chi connectivity index (χ1n) is 39.7. The molecule has 0 fully saturated rings. The van der Waals surface area contributed by atoms with Gasteiger partial charge in [0.1, 0.15) is 0 Å². The summed E-state index contributed by atoms with van der Waals surface area (Å²) < 4.78 is 25.9. The van der Waals surface area contributed by atoms with Gasteiger partial charge in [0.25, 0.3) is 0 Å². The number of benzene rings is 2. The zero-order valence-electron chi connectivity index (χ0n) is 59.9. The first kappa shape index (κ1) is 80.4. The number of unbranched alkanes of at least 4 members (excludes halogenated alkanes) is 52. The predicted octanol–water partition coefficient (Wildman–Crippen LogP) is 28.3. The van der Waals surface area contributed by atoms with Crippen LogP contribution in [-0.4, -0.2) is 36.6 Å². The fraction of sp³-hybridized carbons (Fsp3) is 0.762. The van der Waals surface area contributed by atoms with Crippen molar-refractivity contribution in [1.82, 2.24) is 10.2 Å². The largest absolute Gasteiger partial charge is 0.490 e. The monoisotopic (exact) mass is 1250 g/mol. The summed E-state index contributed by atoms with van der Waals surface area (Å²) in [6.07, 6.45) is 84.1. The predicted molar refractivity (Wildman–Crippen MR) is 396 cm³/mol. The molecule has 2 aromatic carbocycles. The Bertz CT molecular complexity index is 1900. The number of hydrogen-bond acceptors (Lipinski definition) is 6. The molecule has 1 aromatic heterocycles. The average Bonchev–Trinajstić information content (AvgIpc) is 2.13. The fourth-order valence-corrected chi connectivity index (χ4v) is 12.5. The molecule has 6 heteroatoms. The zero-order chi connectivity index (χ0) is 63.8. The van der Waals surface area contributed by atoms with Crippen LogP contribution in [0.25, 0.3) is 24.3 Å². The summed E-state index contributed by atoms with van der Waals surface area (Å²) in [4.78, 5) is 0. The molecule has 0 unspecified atom stereocenters. The van der Waals surface area contributed by atoms with Crippen LogP contribution in [0.4, 0.5) is 0 Å². The molecule has 0 saturated carbocycles. The highest BCUT2D eigenvalue weighted by Gasteiger charge is 2.10. The van der Waals surface area contributed by atoms with E-state index in [1.807, 2.05) is 24.3 Å². The molecule has 0 spiro atoms. The van der Waals surface area contributed by atoms with Crippen molar-refractivity contribution in [3.8, 4) is 23.0 Å². The van der Waals surface area contributed by atoms with Crippen LogP contribution < -0.4 is 18.9 Å². The molecular weight excluding hydrogens is 1100 g/mol. The van der Waals surface area contributed by atoms with Crippen LogP contribution in [0.3, 0.4) is 0 Å². The van der Waals surface area contributed by atoms with Crippen LogP contribution in [-0.2, 0) is 0 Å². The summed E-state index contributed by atoms with van der Waals surface area (Å²) >= 11 is 0. The van der Waals surface area contributed by atoms with E-state index < -0.39 is 0 Å². The van der Waals surface area contributed by atoms with Gasteiger partial charge >= 0.3 is 0 Å². The van der Waals surface area contributed by atoms with E-state index >= 15 is 0 Å². The van der Waals surface area contributed by atoms with Gasteiger partial charge in [-0.05, 0) is 85.4 Å². The quantitative estimate of drug-likeness (QED) is 0.0525. The van der Waals surface area contributed by atoms with Crippen LogP contribution in [0.15, 0.2) is 48.5 Å². The lowest BCUT2D eigenvalue weighted by atomic mass is 10.0. The number of aromatic nitrogens is 2. The lowest BCUT2D eigenvalue weighted by molar-refractivity contribution is 0.258. The first-order valence-corrected chi connectivity index (χ1v) is 39.7. The van der Waals surface area contributed by atoms with Gasteiger partial charge in [0.15, 0.2) is 23.0 Å². The highest BCUT2D eigenvalue weighted by molar-refractivity contribution is 5.71. The third kappa shape index (κ3) is 48.0. The van der Waals surface area contributed by atoms with Crippen LogP contribution in [0.1, 0.15) is 410 Å².